The number of alkyl halides is 1. The molecule has 8 nitrogen and oxygen atoms in total. The number of benzene rings is 1. The van der Waals surface area contributed by atoms with Gasteiger partial charge in [-0.2, -0.15) is 9.97 Å². The second kappa shape index (κ2) is 8.04. The highest BCUT2D eigenvalue weighted by Gasteiger charge is 2.17. The van der Waals surface area contributed by atoms with Gasteiger partial charge in [-0.15, -0.1) is 16.5 Å². The summed E-state index contributed by atoms with van der Waals surface area (Å²) in [6.45, 7) is 0.187. The molecule has 0 fully saturated rings. The lowest BCUT2D eigenvalue weighted by Crippen LogP contribution is -2.16. The molecule has 0 spiro atoms. The molecule has 0 radical (unpaired) electrons. The molecular weight excluding hydrogens is 322 g/mol. The Bertz CT molecular complexity index is 696. The van der Waals surface area contributed by atoms with Gasteiger partial charge in [-0.3, -0.25) is 10.1 Å². The minimum Gasteiger partial charge on any atom is -0.471 e. The van der Waals surface area contributed by atoms with Crippen LogP contribution in [0, 0.1) is 4.91 Å². The van der Waals surface area contributed by atoms with Gasteiger partial charge in [0, 0.05) is 7.05 Å². The smallest absolute Gasteiger partial charge is 0.251 e. The summed E-state index contributed by atoms with van der Waals surface area (Å²) in [5.41, 5.74) is 0.813. The van der Waals surface area contributed by atoms with E-state index in [-0.39, 0.29) is 35.8 Å². The van der Waals surface area contributed by atoms with Crippen LogP contribution < -0.4 is 15.4 Å². The van der Waals surface area contributed by atoms with Crippen LogP contribution in [0.3, 0.4) is 0 Å². The molecular formula is C14H14ClN5O3. The maximum atomic E-state index is 11.4. The van der Waals surface area contributed by atoms with E-state index >= 15 is 0 Å². The monoisotopic (exact) mass is 335 g/mol. The Balaban J connectivity index is 2.29. The summed E-state index contributed by atoms with van der Waals surface area (Å²) < 4.78 is 5.54. The van der Waals surface area contributed by atoms with Gasteiger partial charge in [-0.1, -0.05) is 30.3 Å². The molecule has 0 unspecified atom stereocenters. The van der Waals surface area contributed by atoms with Crippen LogP contribution in [0.4, 0.5) is 17.5 Å². The molecule has 2 N–H and O–H groups in total. The van der Waals surface area contributed by atoms with Gasteiger partial charge in [0.15, 0.2) is 5.82 Å². The van der Waals surface area contributed by atoms with E-state index in [0.29, 0.717) is 0 Å². The third-order valence-corrected chi connectivity index (χ3v) is 3.01. The van der Waals surface area contributed by atoms with E-state index in [4.69, 9.17) is 16.3 Å². The molecule has 2 rings (SSSR count). The number of nitroso groups, excluding NO2 is 1. The fraction of sp³-hybridized carbons (Fsp3) is 0.214. The van der Waals surface area contributed by atoms with Gasteiger partial charge in [-0.25, -0.2) is 0 Å². The molecule has 0 aliphatic rings. The van der Waals surface area contributed by atoms with E-state index in [1.807, 2.05) is 30.3 Å². The van der Waals surface area contributed by atoms with Crippen molar-refractivity contribution in [3.05, 3.63) is 40.8 Å². The van der Waals surface area contributed by atoms with Gasteiger partial charge >= 0.3 is 0 Å². The van der Waals surface area contributed by atoms with Gasteiger partial charge in [0.1, 0.15) is 12.5 Å². The first-order chi connectivity index (χ1) is 11.2. The Hall–Kier alpha value is -2.74. The normalized spacial score (nSPS) is 10.0. The summed E-state index contributed by atoms with van der Waals surface area (Å²) in [4.78, 5) is 30.4. The Morgan fingerprint density at radius 3 is 2.65 bits per heavy atom. The molecule has 0 aliphatic heterocycles. The number of amides is 1. The van der Waals surface area contributed by atoms with E-state index in [2.05, 4.69) is 25.8 Å². The molecule has 120 valence electrons. The lowest BCUT2D eigenvalue weighted by molar-refractivity contribution is -0.114. The summed E-state index contributed by atoms with van der Waals surface area (Å²) >= 11 is 5.43. The number of hydrogen-bond donors (Lipinski definition) is 2. The molecule has 1 amide bonds. The van der Waals surface area contributed by atoms with Crippen molar-refractivity contribution >= 4 is 35.0 Å². The highest BCUT2D eigenvalue weighted by atomic mass is 35.5. The molecule has 1 aromatic heterocycles. The van der Waals surface area contributed by atoms with Crippen LogP contribution in [0.2, 0.25) is 0 Å². The van der Waals surface area contributed by atoms with Gasteiger partial charge in [0.2, 0.25) is 17.5 Å². The van der Waals surface area contributed by atoms with Crippen LogP contribution in [-0.4, -0.2) is 28.8 Å². The van der Waals surface area contributed by atoms with Gasteiger partial charge in [0.05, 0.1) is 0 Å². The minimum absolute atomic E-state index is 0.0320. The van der Waals surface area contributed by atoms with Crippen molar-refractivity contribution < 1.29 is 9.53 Å². The molecule has 9 heteroatoms. The standard InChI is InChI=1S/C14H14ClN5O3/c1-16-12-11(20-22)13(19-14(18-12)17-10(21)7-15)23-8-9-5-3-2-4-6-9/h2-6H,7-8H2,1H3,(H2,16,17,18,19,21). The predicted octanol–water partition coefficient (Wildman–Crippen LogP) is 2.67. The van der Waals surface area contributed by atoms with Crippen LogP contribution in [0.5, 0.6) is 5.88 Å². The van der Waals surface area contributed by atoms with E-state index in [0.717, 1.165) is 5.56 Å². The Kier molecular flexibility index (Phi) is 5.81. The zero-order valence-electron chi connectivity index (χ0n) is 12.2. The fourth-order valence-corrected chi connectivity index (χ4v) is 1.80. The Morgan fingerprint density at radius 1 is 1.30 bits per heavy atom. The average Bonchev–Trinajstić information content (AvgIpc) is 2.60. The molecule has 1 aromatic carbocycles. The number of rotatable bonds is 7. The number of aromatic nitrogens is 2. The van der Waals surface area contributed by atoms with Crippen LogP contribution in [0.15, 0.2) is 35.5 Å². The molecule has 2 aromatic rings. The molecule has 1 heterocycles. The Labute approximate surface area is 137 Å². The number of carbonyl (C=O) groups is 1. The number of halogens is 1. The third kappa shape index (κ3) is 4.36. The van der Waals surface area contributed by atoms with E-state index in [1.165, 1.54) is 0 Å². The van der Waals surface area contributed by atoms with Crippen molar-refractivity contribution in [2.75, 3.05) is 23.6 Å². The molecule has 0 saturated heterocycles. The minimum atomic E-state index is -0.477. The van der Waals surface area contributed by atoms with Crippen molar-refractivity contribution in [1.82, 2.24) is 9.97 Å². The number of nitrogens with zero attached hydrogens (tertiary/aromatic N) is 3. The zero-order valence-corrected chi connectivity index (χ0v) is 13.0. The number of carbonyl (C=O) groups excluding carboxylic acids is 1. The summed E-state index contributed by atoms with van der Waals surface area (Å²) in [5, 5.41) is 8.00. The Morgan fingerprint density at radius 2 is 2.04 bits per heavy atom. The number of ether oxygens (including phenoxy) is 1. The highest BCUT2D eigenvalue weighted by molar-refractivity contribution is 6.28. The largest absolute Gasteiger partial charge is 0.471 e. The maximum absolute atomic E-state index is 11.4. The zero-order chi connectivity index (χ0) is 16.7. The van der Waals surface area contributed by atoms with Crippen LogP contribution in [0.1, 0.15) is 5.56 Å². The van der Waals surface area contributed by atoms with Crippen molar-refractivity contribution in [2.45, 2.75) is 6.61 Å². The van der Waals surface area contributed by atoms with Crippen molar-refractivity contribution in [2.24, 2.45) is 5.18 Å². The van der Waals surface area contributed by atoms with Crippen LogP contribution >= 0.6 is 11.6 Å². The summed E-state index contributed by atoms with van der Waals surface area (Å²) in [6.07, 6.45) is 0. The van der Waals surface area contributed by atoms with Crippen molar-refractivity contribution in [3.63, 3.8) is 0 Å². The maximum Gasteiger partial charge on any atom is 0.251 e. The average molecular weight is 336 g/mol. The van der Waals surface area contributed by atoms with Crippen molar-refractivity contribution in [3.8, 4) is 5.88 Å². The van der Waals surface area contributed by atoms with E-state index in [9.17, 15) is 9.70 Å². The highest BCUT2D eigenvalue weighted by Crippen LogP contribution is 2.33. The van der Waals surface area contributed by atoms with E-state index < -0.39 is 5.91 Å². The topological polar surface area (TPSA) is 106 Å². The second-order valence-electron chi connectivity index (χ2n) is 4.35. The van der Waals surface area contributed by atoms with Gasteiger partial charge in [-0.05, 0) is 10.7 Å². The van der Waals surface area contributed by atoms with Gasteiger partial charge < -0.3 is 10.1 Å². The quantitative estimate of drug-likeness (QED) is 0.595. The van der Waals surface area contributed by atoms with Gasteiger partial charge in [0.25, 0.3) is 5.88 Å². The third-order valence-electron chi connectivity index (χ3n) is 2.77. The molecule has 23 heavy (non-hydrogen) atoms. The first kappa shape index (κ1) is 16.6. The van der Waals surface area contributed by atoms with Crippen LogP contribution in [0.25, 0.3) is 0 Å². The number of nitrogens with one attached hydrogen (secondary N) is 2. The predicted molar refractivity (Wildman–Crippen MR) is 87.2 cm³/mol. The summed E-state index contributed by atoms with van der Waals surface area (Å²) in [6, 6.07) is 9.34. The summed E-state index contributed by atoms with van der Waals surface area (Å²) in [5.74, 6) is -0.646. The fourth-order valence-electron chi connectivity index (χ4n) is 1.73. The second-order valence-corrected chi connectivity index (χ2v) is 4.61. The SMILES string of the molecule is CNc1nc(NC(=O)CCl)nc(OCc2ccccc2)c1N=O. The number of hydrogen-bond acceptors (Lipinski definition) is 7. The molecule has 0 saturated carbocycles. The van der Waals surface area contributed by atoms with E-state index in [1.54, 1.807) is 7.05 Å². The van der Waals surface area contributed by atoms with Crippen LogP contribution in [-0.2, 0) is 11.4 Å². The van der Waals surface area contributed by atoms with Crippen molar-refractivity contribution in [1.29, 1.82) is 0 Å². The lowest BCUT2D eigenvalue weighted by Gasteiger charge is -2.11. The first-order valence-electron chi connectivity index (χ1n) is 6.63. The lowest BCUT2D eigenvalue weighted by atomic mass is 10.2. The number of anilines is 2. The summed E-state index contributed by atoms with van der Waals surface area (Å²) in [7, 11) is 1.56. The molecule has 0 bridgehead atoms. The first-order valence-corrected chi connectivity index (χ1v) is 7.17. The molecule has 0 aliphatic carbocycles. The molecule has 0 atom stereocenters.